The van der Waals surface area contributed by atoms with Gasteiger partial charge in [0.25, 0.3) is 5.69 Å². The van der Waals surface area contributed by atoms with Crippen LogP contribution in [-0.4, -0.2) is 83.8 Å². The van der Waals surface area contributed by atoms with E-state index in [1.807, 2.05) is 84.9 Å². The SMILES string of the molecule is C=CCOC12Oc3ccc(Oc4cccc([N+](=O)[O-])c4)cc3C3C(CCCCO)C(CCCCO)C=C(C(=NOC)CC1N(Cc1cccc4ccccc14)C(=O)OCCOCc1ccccc1)C32. The van der Waals surface area contributed by atoms with E-state index >= 15 is 4.79 Å². The van der Waals surface area contributed by atoms with Crippen LogP contribution in [-0.2, 0) is 32.2 Å². The number of nitro benzene ring substituents is 1. The lowest BCUT2D eigenvalue weighted by molar-refractivity contribution is -0.384. The smallest absolute Gasteiger partial charge is 0.410 e. The Morgan fingerprint density at radius 3 is 2.45 bits per heavy atom. The molecule has 2 aliphatic carbocycles. The highest BCUT2D eigenvalue weighted by Crippen LogP contribution is 2.62. The highest BCUT2D eigenvalue weighted by Gasteiger charge is 2.65. The number of ether oxygens (including phenoxy) is 5. The van der Waals surface area contributed by atoms with Crippen LogP contribution in [0.2, 0.25) is 0 Å². The van der Waals surface area contributed by atoms with Gasteiger partial charge in [0.1, 0.15) is 37.0 Å². The van der Waals surface area contributed by atoms with Crippen molar-refractivity contribution in [1.29, 1.82) is 0 Å². The summed E-state index contributed by atoms with van der Waals surface area (Å²) in [5.41, 5.74) is 4.14. The number of hydrogen-bond acceptors (Lipinski definition) is 12. The second-order valence-electron chi connectivity index (χ2n) is 17.7. The maximum atomic E-state index is 15.1. The van der Waals surface area contributed by atoms with Crippen LogP contribution in [0.4, 0.5) is 10.5 Å². The van der Waals surface area contributed by atoms with E-state index < -0.39 is 28.8 Å². The van der Waals surface area contributed by atoms with Gasteiger partial charge in [0.05, 0.1) is 49.0 Å². The Bertz CT molecular complexity index is 2620. The van der Waals surface area contributed by atoms with Crippen LogP contribution in [0.15, 0.2) is 145 Å². The Kier molecular flexibility index (Phi) is 16.4. The zero-order valence-electron chi connectivity index (χ0n) is 39.0. The highest BCUT2D eigenvalue weighted by atomic mass is 16.7. The molecule has 0 radical (unpaired) electrons. The van der Waals surface area contributed by atoms with Crippen molar-refractivity contribution >= 4 is 28.3 Å². The molecule has 0 aromatic heterocycles. The lowest BCUT2D eigenvalue weighted by Crippen LogP contribution is -2.70. The van der Waals surface area contributed by atoms with E-state index in [4.69, 9.17) is 33.7 Å². The van der Waals surface area contributed by atoms with Crippen molar-refractivity contribution in [1.82, 2.24) is 4.90 Å². The molecule has 69 heavy (non-hydrogen) atoms. The molecular formula is C55H61N3O11. The largest absolute Gasteiger partial charge is 0.459 e. The zero-order valence-corrected chi connectivity index (χ0v) is 39.0. The summed E-state index contributed by atoms with van der Waals surface area (Å²) in [6.45, 7) is 4.88. The van der Waals surface area contributed by atoms with E-state index in [1.54, 1.807) is 29.2 Å². The van der Waals surface area contributed by atoms with Gasteiger partial charge >= 0.3 is 6.09 Å². The minimum Gasteiger partial charge on any atom is -0.459 e. The average Bonchev–Trinajstić information content (AvgIpc) is 3.37. The van der Waals surface area contributed by atoms with Crippen molar-refractivity contribution in [2.24, 2.45) is 22.9 Å². The fraction of sp³-hybridized carbons (Fsp3) is 0.382. The third-order valence-corrected chi connectivity index (χ3v) is 13.5. The number of nitro groups is 1. The molecule has 0 spiro atoms. The standard InChI is InChI=1S/C55H61N3O11/c1-3-29-67-55-51(57(36-41-20-13-19-39-17-7-8-23-45(39)41)54(61)66-31-30-65-37-38-15-5-4-6-16-38)35-49(56-64-2)47-32-40(18-9-11-27-59)46(24-10-12-28-60)52(53(47)55)48-34-44(25-26-50(48)69-55)68-43-22-14-21-42(33-43)58(62)63/h3-8,13-17,19-23,25-26,32-34,40,46,51-53,59-60H,1,9-12,18,24,27-31,35-37H2,2H3. The average molecular weight is 940 g/mol. The van der Waals surface area contributed by atoms with E-state index in [-0.39, 0.29) is 69.4 Å². The highest BCUT2D eigenvalue weighted by molar-refractivity contribution is 6.03. The fourth-order valence-corrected chi connectivity index (χ4v) is 10.6. The number of aliphatic hydroxyl groups is 2. The van der Waals surface area contributed by atoms with E-state index in [1.165, 1.54) is 19.2 Å². The van der Waals surface area contributed by atoms with Gasteiger partial charge in [-0.2, -0.15) is 0 Å². The first-order valence-corrected chi connectivity index (χ1v) is 23.8. The maximum absolute atomic E-state index is 15.1. The molecule has 0 saturated heterocycles. The molecule has 14 heteroatoms. The number of non-ortho nitro benzene ring substituents is 1. The molecule has 1 heterocycles. The molecule has 3 aliphatic rings. The number of rotatable bonds is 23. The summed E-state index contributed by atoms with van der Waals surface area (Å²) in [4.78, 5) is 33.7. The second kappa shape index (κ2) is 23.1. The molecule has 1 aliphatic heterocycles. The van der Waals surface area contributed by atoms with E-state index in [9.17, 15) is 20.3 Å². The van der Waals surface area contributed by atoms with Crippen LogP contribution in [0.1, 0.15) is 67.6 Å². The second-order valence-corrected chi connectivity index (χ2v) is 17.7. The molecule has 1 fully saturated rings. The first kappa shape index (κ1) is 48.9. The molecule has 6 unspecified atom stereocenters. The van der Waals surface area contributed by atoms with Gasteiger partial charge in [-0.1, -0.05) is 109 Å². The first-order chi connectivity index (χ1) is 33.8. The Hall–Kier alpha value is -6.58. The minimum absolute atomic E-state index is 0.00198. The number of aliphatic hydroxyl groups excluding tert-OH is 2. The van der Waals surface area contributed by atoms with Crippen molar-refractivity contribution in [3.63, 3.8) is 0 Å². The summed E-state index contributed by atoms with van der Waals surface area (Å²) in [5.74, 6) is -1.24. The monoisotopic (exact) mass is 939 g/mol. The number of amides is 1. The normalized spacial score (nSPS) is 21.9. The fourth-order valence-electron chi connectivity index (χ4n) is 10.6. The van der Waals surface area contributed by atoms with Crippen LogP contribution < -0.4 is 9.47 Å². The summed E-state index contributed by atoms with van der Waals surface area (Å²) in [6.07, 6.45) is 7.78. The number of oxime groups is 1. The van der Waals surface area contributed by atoms with Gasteiger partial charge in [-0.3, -0.25) is 15.0 Å². The number of fused-ring (bicyclic) bond motifs is 3. The van der Waals surface area contributed by atoms with E-state index in [0.717, 1.165) is 58.7 Å². The Morgan fingerprint density at radius 1 is 0.913 bits per heavy atom. The van der Waals surface area contributed by atoms with Gasteiger partial charge < -0.3 is 38.7 Å². The van der Waals surface area contributed by atoms with Crippen molar-refractivity contribution in [3.8, 4) is 17.2 Å². The minimum atomic E-state index is -1.55. The third kappa shape index (κ3) is 11.0. The predicted molar refractivity (Wildman–Crippen MR) is 262 cm³/mol. The van der Waals surface area contributed by atoms with Crippen molar-refractivity contribution < 1.29 is 48.5 Å². The number of nitrogens with zero attached hydrogens (tertiary/aromatic N) is 3. The molecule has 5 aromatic carbocycles. The van der Waals surface area contributed by atoms with Crippen LogP contribution in [0.25, 0.3) is 10.8 Å². The van der Waals surface area contributed by atoms with Crippen molar-refractivity contribution in [2.75, 3.05) is 40.1 Å². The molecular weight excluding hydrogens is 879 g/mol. The number of allylic oxidation sites excluding steroid dienone is 1. The molecule has 5 aromatic rings. The van der Waals surface area contributed by atoms with Gasteiger partial charge in [-0.15, -0.1) is 6.58 Å². The van der Waals surface area contributed by atoms with Gasteiger partial charge in [0.15, 0.2) is 0 Å². The molecule has 6 atom stereocenters. The first-order valence-electron chi connectivity index (χ1n) is 23.8. The number of hydrogen-bond donors (Lipinski definition) is 2. The lowest BCUT2D eigenvalue weighted by Gasteiger charge is -2.59. The topological polar surface area (TPSA) is 172 Å². The van der Waals surface area contributed by atoms with Gasteiger partial charge in [-0.25, -0.2) is 4.79 Å². The number of benzene rings is 5. The van der Waals surface area contributed by atoms with E-state index in [0.29, 0.717) is 42.4 Å². The number of carbonyl (C=O) groups excluding carboxylic acids is 1. The van der Waals surface area contributed by atoms with Crippen LogP contribution >= 0.6 is 0 Å². The van der Waals surface area contributed by atoms with Crippen LogP contribution in [0.5, 0.6) is 17.2 Å². The summed E-state index contributed by atoms with van der Waals surface area (Å²) >= 11 is 0. The Morgan fingerprint density at radius 2 is 1.67 bits per heavy atom. The van der Waals surface area contributed by atoms with Gasteiger partial charge in [0, 0.05) is 37.2 Å². The van der Waals surface area contributed by atoms with Gasteiger partial charge in [-0.05, 0) is 89.3 Å². The number of carbonyl (C=O) groups is 1. The molecule has 8 rings (SSSR count). The Labute approximate surface area is 402 Å². The molecule has 2 N–H and O–H groups in total. The summed E-state index contributed by atoms with van der Waals surface area (Å²) in [6, 6.07) is 34.6. The van der Waals surface area contributed by atoms with E-state index in [2.05, 4.69) is 12.7 Å². The molecule has 14 nitrogen and oxygen atoms in total. The predicted octanol–water partition coefficient (Wildman–Crippen LogP) is 10.7. The summed E-state index contributed by atoms with van der Waals surface area (Å²) in [7, 11) is 1.51. The molecule has 362 valence electrons. The zero-order chi connectivity index (χ0) is 48.2. The summed E-state index contributed by atoms with van der Waals surface area (Å²) in [5, 5.41) is 38.4. The van der Waals surface area contributed by atoms with Gasteiger partial charge in [0.2, 0.25) is 5.79 Å². The molecule has 1 saturated carbocycles. The lowest BCUT2D eigenvalue weighted by atomic mass is 9.55. The molecule has 1 amide bonds. The number of unbranched alkanes of at least 4 members (excludes halogenated alkanes) is 2. The quantitative estimate of drug-likeness (QED) is 0.0276. The third-order valence-electron chi connectivity index (χ3n) is 13.5. The summed E-state index contributed by atoms with van der Waals surface area (Å²) < 4.78 is 33.1. The van der Waals surface area contributed by atoms with Crippen LogP contribution in [0, 0.1) is 27.9 Å². The van der Waals surface area contributed by atoms with Crippen LogP contribution in [0.3, 0.4) is 0 Å². The molecule has 0 bridgehead atoms. The van der Waals surface area contributed by atoms with Crippen molar-refractivity contribution in [2.45, 2.75) is 75.8 Å². The maximum Gasteiger partial charge on any atom is 0.410 e. The van der Waals surface area contributed by atoms with Crippen molar-refractivity contribution in [3.05, 3.63) is 166 Å². The Balaban J connectivity index is 1.28.